The molecule has 2 saturated heterocycles. The lowest BCUT2D eigenvalue weighted by Gasteiger charge is -2.36. The number of nitrogens with zero attached hydrogens (tertiary/aromatic N) is 4. The van der Waals surface area contributed by atoms with Gasteiger partial charge in [-0.15, -0.1) is 0 Å². The molecule has 0 spiro atoms. The van der Waals surface area contributed by atoms with E-state index >= 15 is 0 Å². The third-order valence-electron chi connectivity index (χ3n) is 8.06. The summed E-state index contributed by atoms with van der Waals surface area (Å²) in [6.45, 7) is 10.5. The van der Waals surface area contributed by atoms with E-state index in [0.717, 1.165) is 62.2 Å². The average molecular weight is 543 g/mol. The standard InChI is InChI=1S/C28H39ClN6OS/c1-20-15-21(2)18-35(17-20)25-16-24(34-11-13-36-14-12-34)31-26(32-25)33-27(37)30-19-28(9-3-4-10-28)22-5-7-23(29)8-6-22/h5-8,16,20-21H,3-4,9-15,17-19H2,1-2H3,(H2,30,31,32,33,37)/t20-,21+. The van der Waals surface area contributed by atoms with E-state index in [0.29, 0.717) is 36.1 Å². The zero-order chi connectivity index (χ0) is 25.8. The van der Waals surface area contributed by atoms with Crippen molar-refractivity contribution in [2.75, 3.05) is 61.1 Å². The molecule has 200 valence electrons. The van der Waals surface area contributed by atoms with Crippen LogP contribution in [0.3, 0.4) is 0 Å². The number of nitrogens with one attached hydrogen (secondary N) is 2. The summed E-state index contributed by atoms with van der Waals surface area (Å²) in [6, 6.07) is 10.4. The Morgan fingerprint density at radius 1 is 1.03 bits per heavy atom. The third-order valence-corrected chi connectivity index (χ3v) is 8.56. The maximum absolute atomic E-state index is 6.16. The molecule has 2 N–H and O–H groups in total. The Hall–Kier alpha value is -2.16. The molecule has 2 aromatic rings. The molecule has 0 amide bonds. The second-order valence-electron chi connectivity index (χ2n) is 11.2. The van der Waals surface area contributed by atoms with Crippen LogP contribution in [0.1, 0.15) is 51.5 Å². The Bertz CT molecular complexity index is 1060. The fourth-order valence-electron chi connectivity index (χ4n) is 6.26. The number of aromatic nitrogens is 2. The highest BCUT2D eigenvalue weighted by atomic mass is 35.5. The molecule has 9 heteroatoms. The number of rotatable bonds is 6. The van der Waals surface area contributed by atoms with Crippen LogP contribution in [0.15, 0.2) is 30.3 Å². The summed E-state index contributed by atoms with van der Waals surface area (Å²) in [5.41, 5.74) is 1.39. The number of hydrogen-bond donors (Lipinski definition) is 2. The highest BCUT2D eigenvalue weighted by Gasteiger charge is 2.35. The first-order valence-corrected chi connectivity index (χ1v) is 14.5. The molecule has 3 aliphatic rings. The molecule has 0 unspecified atom stereocenters. The molecule has 1 aliphatic carbocycles. The van der Waals surface area contributed by atoms with Gasteiger partial charge in [0.15, 0.2) is 5.11 Å². The van der Waals surface area contributed by atoms with E-state index in [9.17, 15) is 0 Å². The van der Waals surface area contributed by atoms with Crippen LogP contribution >= 0.6 is 23.8 Å². The number of halogens is 1. The maximum atomic E-state index is 6.16. The van der Waals surface area contributed by atoms with Crippen LogP contribution in [0, 0.1) is 11.8 Å². The quantitative estimate of drug-likeness (QED) is 0.480. The van der Waals surface area contributed by atoms with E-state index in [2.05, 4.69) is 52.5 Å². The average Bonchev–Trinajstić information content (AvgIpc) is 3.38. The first-order valence-electron chi connectivity index (χ1n) is 13.7. The number of hydrogen-bond acceptors (Lipinski definition) is 6. The Balaban J connectivity index is 1.32. The lowest BCUT2D eigenvalue weighted by Crippen LogP contribution is -2.42. The molecule has 1 aromatic heterocycles. The second-order valence-corrected chi connectivity index (χ2v) is 12.0. The summed E-state index contributed by atoms with van der Waals surface area (Å²) in [6.07, 6.45) is 5.99. The predicted octanol–water partition coefficient (Wildman–Crippen LogP) is 5.25. The van der Waals surface area contributed by atoms with E-state index in [1.165, 1.54) is 24.8 Å². The van der Waals surface area contributed by atoms with Gasteiger partial charge in [-0.1, -0.05) is 50.4 Å². The summed E-state index contributed by atoms with van der Waals surface area (Å²) in [4.78, 5) is 14.5. The van der Waals surface area contributed by atoms with Gasteiger partial charge in [0.2, 0.25) is 5.95 Å². The molecule has 37 heavy (non-hydrogen) atoms. The minimum absolute atomic E-state index is 0.0675. The molecule has 2 atom stereocenters. The van der Waals surface area contributed by atoms with Crippen molar-refractivity contribution in [3.8, 4) is 0 Å². The van der Waals surface area contributed by atoms with Crippen molar-refractivity contribution < 1.29 is 4.74 Å². The summed E-state index contributed by atoms with van der Waals surface area (Å²) < 4.78 is 5.57. The summed E-state index contributed by atoms with van der Waals surface area (Å²) >= 11 is 11.9. The fraction of sp³-hybridized carbons (Fsp3) is 0.607. The van der Waals surface area contributed by atoms with Crippen molar-refractivity contribution in [2.45, 2.75) is 51.4 Å². The number of benzene rings is 1. The zero-order valence-electron chi connectivity index (χ0n) is 22.0. The van der Waals surface area contributed by atoms with Gasteiger partial charge in [-0.2, -0.15) is 9.97 Å². The number of anilines is 3. The Labute approximate surface area is 231 Å². The molecule has 1 aromatic carbocycles. The van der Waals surface area contributed by atoms with Crippen molar-refractivity contribution in [3.05, 3.63) is 40.9 Å². The fourth-order valence-corrected chi connectivity index (χ4v) is 6.55. The van der Waals surface area contributed by atoms with E-state index in [1.807, 2.05) is 12.1 Å². The van der Waals surface area contributed by atoms with Gasteiger partial charge in [-0.25, -0.2) is 0 Å². The summed E-state index contributed by atoms with van der Waals surface area (Å²) in [5.74, 6) is 3.72. The van der Waals surface area contributed by atoms with Crippen LogP contribution in [-0.4, -0.2) is 61.0 Å². The number of morpholine rings is 1. The SMILES string of the molecule is C[C@@H]1C[C@H](C)CN(c2cc(N3CCOCC3)nc(NC(=S)NCC3(c4ccc(Cl)cc4)CCCC3)n2)C1. The first kappa shape index (κ1) is 26.4. The van der Waals surface area contributed by atoms with E-state index in [1.54, 1.807) is 0 Å². The predicted molar refractivity (Wildman–Crippen MR) is 156 cm³/mol. The zero-order valence-corrected chi connectivity index (χ0v) is 23.6. The van der Waals surface area contributed by atoms with Crippen molar-refractivity contribution in [1.29, 1.82) is 0 Å². The lowest BCUT2D eigenvalue weighted by molar-refractivity contribution is 0.122. The maximum Gasteiger partial charge on any atom is 0.232 e. The number of ether oxygens (including phenoxy) is 1. The van der Waals surface area contributed by atoms with Crippen molar-refractivity contribution in [1.82, 2.24) is 15.3 Å². The topological polar surface area (TPSA) is 65.6 Å². The molecule has 0 bridgehead atoms. The van der Waals surface area contributed by atoms with E-state index in [-0.39, 0.29) is 5.41 Å². The normalized spacial score (nSPS) is 23.6. The molecular weight excluding hydrogens is 504 g/mol. The Morgan fingerprint density at radius 2 is 1.65 bits per heavy atom. The number of piperidine rings is 1. The highest BCUT2D eigenvalue weighted by molar-refractivity contribution is 7.80. The van der Waals surface area contributed by atoms with Gasteiger partial charge in [0.25, 0.3) is 0 Å². The summed E-state index contributed by atoms with van der Waals surface area (Å²) in [7, 11) is 0. The summed E-state index contributed by atoms with van der Waals surface area (Å²) in [5, 5.41) is 8.15. The smallest absolute Gasteiger partial charge is 0.232 e. The first-order chi connectivity index (χ1) is 17.9. The van der Waals surface area contributed by atoms with Crippen LogP contribution in [-0.2, 0) is 10.2 Å². The molecule has 1 saturated carbocycles. The van der Waals surface area contributed by atoms with Gasteiger partial charge in [-0.05, 0) is 61.0 Å². The lowest BCUT2D eigenvalue weighted by atomic mass is 9.79. The van der Waals surface area contributed by atoms with Crippen molar-refractivity contribution >= 4 is 46.5 Å². The van der Waals surface area contributed by atoms with Gasteiger partial charge >= 0.3 is 0 Å². The second kappa shape index (κ2) is 11.7. The van der Waals surface area contributed by atoms with Crippen LogP contribution in [0.5, 0.6) is 0 Å². The molecule has 0 radical (unpaired) electrons. The minimum Gasteiger partial charge on any atom is -0.378 e. The van der Waals surface area contributed by atoms with Crippen molar-refractivity contribution in [3.63, 3.8) is 0 Å². The Morgan fingerprint density at radius 3 is 2.30 bits per heavy atom. The third kappa shape index (κ3) is 6.47. The van der Waals surface area contributed by atoms with E-state index < -0.39 is 0 Å². The van der Waals surface area contributed by atoms with Gasteiger partial charge in [0.1, 0.15) is 11.6 Å². The monoisotopic (exact) mass is 542 g/mol. The highest BCUT2D eigenvalue weighted by Crippen LogP contribution is 2.41. The molecule has 3 heterocycles. The Kier molecular flexibility index (Phi) is 8.37. The molecule has 3 fully saturated rings. The van der Waals surface area contributed by atoms with Crippen LogP contribution in [0.25, 0.3) is 0 Å². The number of thiocarbonyl (C=S) groups is 1. The largest absolute Gasteiger partial charge is 0.378 e. The van der Waals surface area contributed by atoms with Gasteiger partial charge in [0.05, 0.1) is 13.2 Å². The van der Waals surface area contributed by atoms with E-state index in [4.69, 9.17) is 38.5 Å². The van der Waals surface area contributed by atoms with Gasteiger partial charge in [0, 0.05) is 49.2 Å². The minimum atomic E-state index is 0.0675. The van der Waals surface area contributed by atoms with Crippen LogP contribution < -0.4 is 20.4 Å². The molecule has 2 aliphatic heterocycles. The molecule has 5 rings (SSSR count). The molecular formula is C28H39ClN6OS. The van der Waals surface area contributed by atoms with Crippen LogP contribution in [0.2, 0.25) is 5.02 Å². The van der Waals surface area contributed by atoms with Gasteiger partial charge < -0.3 is 25.2 Å². The van der Waals surface area contributed by atoms with Gasteiger partial charge in [-0.3, -0.25) is 0 Å². The van der Waals surface area contributed by atoms with Crippen molar-refractivity contribution in [2.24, 2.45) is 11.8 Å². The van der Waals surface area contributed by atoms with Crippen LogP contribution in [0.4, 0.5) is 17.6 Å². The molecule has 7 nitrogen and oxygen atoms in total.